The number of pyridine rings is 1. The van der Waals surface area contributed by atoms with Crippen molar-refractivity contribution in [3.63, 3.8) is 0 Å². The number of nitrogens with zero attached hydrogens (tertiary/aromatic N) is 8. The van der Waals surface area contributed by atoms with Gasteiger partial charge in [0.25, 0.3) is 0 Å². The lowest BCUT2D eigenvalue weighted by atomic mass is 9.87. The number of benzene rings is 1. The summed E-state index contributed by atoms with van der Waals surface area (Å²) < 4.78 is 9.04. The molecule has 0 saturated heterocycles. The Bertz CT molecular complexity index is 1380. The van der Waals surface area contributed by atoms with Crippen LogP contribution in [-0.4, -0.2) is 57.2 Å². The fraction of sp³-hybridized carbons (Fsp3) is 0.238. The summed E-state index contributed by atoms with van der Waals surface area (Å²) in [6, 6.07) is 11.3. The molecular weight excluding hydrogens is 410 g/mol. The maximum absolute atomic E-state index is 12.2. The van der Waals surface area contributed by atoms with Crippen molar-refractivity contribution in [3.8, 4) is 17.3 Å². The Balaban J connectivity index is 1.82. The number of tetrazole rings is 1. The number of aromatic nitrogens is 9. The van der Waals surface area contributed by atoms with Crippen LogP contribution in [0.3, 0.4) is 0 Å². The average molecular weight is 431 g/mol. The number of nitrogens with one attached hydrogen (secondary N) is 1. The lowest BCUT2D eigenvalue weighted by Crippen LogP contribution is -2.32. The normalized spacial score (nSPS) is 13.4. The zero-order chi connectivity index (χ0) is 22.3. The number of ether oxygens (including phenoxy) is 1. The van der Waals surface area contributed by atoms with Crippen LogP contribution >= 0.6 is 0 Å². The summed E-state index contributed by atoms with van der Waals surface area (Å²) in [5, 5.41) is 30.5. The lowest BCUT2D eigenvalue weighted by Gasteiger charge is -2.27. The van der Waals surface area contributed by atoms with Gasteiger partial charge in [0.1, 0.15) is 0 Å². The standard InChI is InChI=1S/C21H21N9O2/c1-4-30-16-10-15(17-25-27-28-26-17)19(32-3)23-18(16)24-20(30)21(31,13-8-6-5-7-9-13)14-11-22-29(2)12-14/h5-12,31H,4H2,1-3H3,(H,25,26,27,28). The number of fused-ring (bicyclic) bond motifs is 1. The quantitative estimate of drug-likeness (QED) is 0.415. The van der Waals surface area contributed by atoms with Gasteiger partial charge in [-0.05, 0) is 29.0 Å². The molecule has 4 heterocycles. The third kappa shape index (κ3) is 2.94. The fourth-order valence-corrected chi connectivity index (χ4v) is 3.94. The highest BCUT2D eigenvalue weighted by Gasteiger charge is 2.40. The van der Waals surface area contributed by atoms with Gasteiger partial charge in [-0.3, -0.25) is 4.68 Å². The van der Waals surface area contributed by atoms with Crippen molar-refractivity contribution in [2.45, 2.75) is 19.1 Å². The second-order valence-corrected chi connectivity index (χ2v) is 7.30. The summed E-state index contributed by atoms with van der Waals surface area (Å²) in [4.78, 5) is 9.35. The molecule has 5 rings (SSSR count). The van der Waals surface area contributed by atoms with Gasteiger partial charge in [0.2, 0.25) is 5.88 Å². The van der Waals surface area contributed by atoms with Gasteiger partial charge in [-0.1, -0.05) is 30.3 Å². The first-order chi connectivity index (χ1) is 15.6. The zero-order valence-corrected chi connectivity index (χ0v) is 17.8. The van der Waals surface area contributed by atoms with Crippen molar-refractivity contribution in [2.24, 2.45) is 7.05 Å². The van der Waals surface area contributed by atoms with Crippen LogP contribution in [0.1, 0.15) is 23.9 Å². The summed E-state index contributed by atoms with van der Waals surface area (Å²) >= 11 is 0. The number of hydrogen-bond donors (Lipinski definition) is 2. The highest BCUT2D eigenvalue weighted by Crippen LogP contribution is 2.38. The maximum atomic E-state index is 12.2. The van der Waals surface area contributed by atoms with Crippen LogP contribution < -0.4 is 4.74 Å². The van der Waals surface area contributed by atoms with E-state index in [4.69, 9.17) is 9.72 Å². The van der Waals surface area contributed by atoms with Gasteiger partial charge in [-0.25, -0.2) is 10.1 Å². The molecular formula is C21H21N9O2. The Morgan fingerprint density at radius 1 is 1.16 bits per heavy atom. The molecule has 0 aliphatic carbocycles. The van der Waals surface area contributed by atoms with Gasteiger partial charge in [0.05, 0.1) is 24.4 Å². The first kappa shape index (κ1) is 19.8. The molecule has 1 aromatic carbocycles. The predicted molar refractivity (Wildman–Crippen MR) is 115 cm³/mol. The van der Waals surface area contributed by atoms with Gasteiger partial charge >= 0.3 is 0 Å². The van der Waals surface area contributed by atoms with Crippen LogP contribution in [0.15, 0.2) is 48.8 Å². The number of aromatic amines is 1. The van der Waals surface area contributed by atoms with E-state index in [0.29, 0.717) is 51.9 Å². The summed E-state index contributed by atoms with van der Waals surface area (Å²) in [7, 11) is 3.33. The molecule has 4 aromatic heterocycles. The SMILES string of the molecule is CCn1c(C(O)(c2ccccc2)c2cnn(C)c2)nc2nc(OC)c(-c3nnn[nH]3)cc21. The van der Waals surface area contributed by atoms with E-state index in [2.05, 4.69) is 30.7 Å². The number of hydrogen-bond acceptors (Lipinski definition) is 8. The number of rotatable bonds is 6. The van der Waals surface area contributed by atoms with Crippen molar-refractivity contribution >= 4 is 11.2 Å². The van der Waals surface area contributed by atoms with Gasteiger partial charge < -0.3 is 14.4 Å². The molecule has 0 aliphatic heterocycles. The molecule has 0 saturated carbocycles. The third-order valence-electron chi connectivity index (χ3n) is 5.45. The monoisotopic (exact) mass is 431 g/mol. The first-order valence-corrected chi connectivity index (χ1v) is 10.0. The minimum absolute atomic E-state index is 0.327. The molecule has 0 aliphatic rings. The maximum Gasteiger partial charge on any atom is 0.226 e. The Hall–Kier alpha value is -4.12. The highest BCUT2D eigenvalue weighted by molar-refractivity contribution is 5.80. The number of aryl methyl sites for hydroxylation is 2. The fourth-order valence-electron chi connectivity index (χ4n) is 3.94. The Morgan fingerprint density at radius 3 is 2.59 bits per heavy atom. The number of imidazole rings is 1. The second kappa shape index (κ2) is 7.54. The summed E-state index contributed by atoms with van der Waals surface area (Å²) in [5.41, 5.74) is 1.47. The topological polar surface area (TPSA) is 132 Å². The van der Waals surface area contributed by atoms with E-state index in [0.717, 1.165) is 0 Å². The Morgan fingerprint density at radius 2 is 1.97 bits per heavy atom. The van der Waals surface area contributed by atoms with Crippen LogP contribution in [0.25, 0.3) is 22.6 Å². The van der Waals surface area contributed by atoms with Crippen molar-refractivity contribution in [3.05, 3.63) is 65.7 Å². The third-order valence-corrected chi connectivity index (χ3v) is 5.45. The minimum atomic E-state index is -1.55. The van der Waals surface area contributed by atoms with E-state index in [-0.39, 0.29) is 0 Å². The minimum Gasteiger partial charge on any atom is -0.480 e. The summed E-state index contributed by atoms with van der Waals surface area (Å²) in [5.74, 6) is 1.18. The summed E-state index contributed by atoms with van der Waals surface area (Å²) in [6.45, 7) is 2.53. The lowest BCUT2D eigenvalue weighted by molar-refractivity contribution is 0.112. The van der Waals surface area contributed by atoms with Crippen molar-refractivity contribution in [1.29, 1.82) is 0 Å². The van der Waals surface area contributed by atoms with Gasteiger partial charge in [-0.15, -0.1) is 5.10 Å². The van der Waals surface area contributed by atoms with Crippen LogP contribution in [0, 0.1) is 0 Å². The molecule has 0 radical (unpaired) electrons. The highest BCUT2D eigenvalue weighted by atomic mass is 16.5. The smallest absolute Gasteiger partial charge is 0.226 e. The largest absolute Gasteiger partial charge is 0.480 e. The number of aliphatic hydroxyl groups is 1. The van der Waals surface area contributed by atoms with Crippen LogP contribution in [0.2, 0.25) is 0 Å². The average Bonchev–Trinajstić information content (AvgIpc) is 3.57. The van der Waals surface area contributed by atoms with Crippen molar-refractivity contribution < 1.29 is 9.84 Å². The van der Waals surface area contributed by atoms with E-state index < -0.39 is 5.60 Å². The Kier molecular flexibility index (Phi) is 4.67. The molecule has 0 amide bonds. The van der Waals surface area contributed by atoms with Gasteiger partial charge in [0.15, 0.2) is 22.9 Å². The van der Waals surface area contributed by atoms with E-state index in [9.17, 15) is 5.11 Å². The van der Waals surface area contributed by atoms with Gasteiger partial charge in [-0.2, -0.15) is 10.1 Å². The molecule has 0 bridgehead atoms. The predicted octanol–water partition coefficient (Wildman–Crippen LogP) is 1.66. The molecule has 11 heteroatoms. The van der Waals surface area contributed by atoms with Crippen LogP contribution in [-0.2, 0) is 19.2 Å². The van der Waals surface area contributed by atoms with Gasteiger partial charge in [0, 0.05) is 25.4 Å². The molecule has 5 aromatic rings. The molecule has 162 valence electrons. The molecule has 2 N–H and O–H groups in total. The van der Waals surface area contributed by atoms with E-state index in [1.807, 2.05) is 54.9 Å². The van der Waals surface area contributed by atoms with Crippen LogP contribution in [0.5, 0.6) is 5.88 Å². The van der Waals surface area contributed by atoms with Crippen molar-refractivity contribution in [2.75, 3.05) is 7.11 Å². The molecule has 1 atom stereocenters. The molecule has 0 spiro atoms. The number of H-pyrrole nitrogens is 1. The Labute approximate surface area is 182 Å². The summed E-state index contributed by atoms with van der Waals surface area (Å²) in [6.07, 6.45) is 3.43. The van der Waals surface area contributed by atoms with E-state index in [1.54, 1.807) is 17.1 Å². The molecule has 0 fully saturated rings. The molecule has 32 heavy (non-hydrogen) atoms. The molecule has 1 unspecified atom stereocenters. The second-order valence-electron chi connectivity index (χ2n) is 7.30. The zero-order valence-electron chi connectivity index (χ0n) is 17.8. The first-order valence-electron chi connectivity index (χ1n) is 10.0. The van der Waals surface area contributed by atoms with E-state index >= 15 is 0 Å². The van der Waals surface area contributed by atoms with E-state index in [1.165, 1.54) is 7.11 Å². The molecule has 11 nitrogen and oxygen atoms in total. The van der Waals surface area contributed by atoms with Crippen molar-refractivity contribution in [1.82, 2.24) is 44.9 Å². The number of methoxy groups -OCH3 is 1. The van der Waals surface area contributed by atoms with Crippen LogP contribution in [0.4, 0.5) is 0 Å².